The summed E-state index contributed by atoms with van der Waals surface area (Å²) in [4.78, 5) is 32.6. The van der Waals surface area contributed by atoms with Crippen LogP contribution in [0.15, 0.2) is 158 Å². The molecule has 2 heterocycles. The molecule has 1 atom stereocenters. The van der Waals surface area contributed by atoms with Gasteiger partial charge in [0, 0.05) is 12.5 Å². The first-order valence-electron chi connectivity index (χ1n) is 21.8. The lowest BCUT2D eigenvalue weighted by atomic mass is 9.77. The Morgan fingerprint density at radius 1 is 0.703 bits per heavy atom. The summed E-state index contributed by atoms with van der Waals surface area (Å²) >= 11 is 0. The largest absolute Gasteiger partial charge is 0.511 e. The van der Waals surface area contributed by atoms with Crippen molar-refractivity contribution in [3.63, 3.8) is 0 Å². The molecule has 8 aromatic rings. The highest BCUT2D eigenvalue weighted by atomic mass is 16.8. The van der Waals surface area contributed by atoms with E-state index in [9.17, 15) is 9.59 Å². The van der Waals surface area contributed by atoms with E-state index >= 15 is 0 Å². The first-order chi connectivity index (χ1) is 31.4. The molecule has 9 rings (SSSR count). The minimum absolute atomic E-state index is 0.182. The number of fused-ring (bicyclic) bond motifs is 1. The van der Waals surface area contributed by atoms with Crippen LogP contribution in [0.25, 0.3) is 33.5 Å². The molecule has 12 nitrogen and oxygen atoms in total. The Kier molecular flexibility index (Phi) is 12.3. The van der Waals surface area contributed by atoms with Crippen molar-refractivity contribution in [2.45, 2.75) is 70.4 Å². The summed E-state index contributed by atoms with van der Waals surface area (Å²) in [6.45, 7) is 4.09. The summed E-state index contributed by atoms with van der Waals surface area (Å²) in [5.41, 5.74) is 7.10. The van der Waals surface area contributed by atoms with Crippen molar-refractivity contribution in [2.75, 3.05) is 6.61 Å². The molecule has 1 unspecified atom stereocenters. The number of nitrogens with zero attached hydrogens (tertiary/aromatic N) is 6. The number of tetrazole rings is 1. The molecule has 0 spiro atoms. The van der Waals surface area contributed by atoms with Crippen LogP contribution in [0.1, 0.15) is 78.6 Å². The predicted octanol–water partition coefficient (Wildman–Crippen LogP) is 10.6. The van der Waals surface area contributed by atoms with Crippen molar-refractivity contribution in [1.29, 1.82) is 0 Å². The molecule has 322 valence electrons. The van der Waals surface area contributed by atoms with Crippen LogP contribution in [0.3, 0.4) is 0 Å². The second kappa shape index (κ2) is 18.8. The number of para-hydroxylation sites is 1. The van der Waals surface area contributed by atoms with Crippen LogP contribution in [0.4, 0.5) is 4.79 Å². The van der Waals surface area contributed by atoms with Crippen LogP contribution in [-0.2, 0) is 26.3 Å². The van der Waals surface area contributed by atoms with E-state index in [1.807, 2.05) is 102 Å². The second-order valence-corrected chi connectivity index (χ2v) is 15.8. The summed E-state index contributed by atoms with van der Waals surface area (Å²) < 4.78 is 24.3. The highest BCUT2D eigenvalue weighted by Crippen LogP contribution is 2.40. The molecule has 0 bridgehead atoms. The van der Waals surface area contributed by atoms with Gasteiger partial charge in [0.2, 0.25) is 12.1 Å². The minimum atomic E-state index is -1.17. The topological polar surface area (TPSA) is 132 Å². The fraction of sp³-hybridized carbons (Fsp3) is 0.231. The van der Waals surface area contributed by atoms with Crippen LogP contribution < -0.4 is 4.74 Å². The average molecular weight is 853 g/mol. The number of imidazole rings is 1. The third-order valence-electron chi connectivity index (χ3n) is 11.6. The van der Waals surface area contributed by atoms with Crippen molar-refractivity contribution in [2.24, 2.45) is 0 Å². The van der Waals surface area contributed by atoms with Gasteiger partial charge in [0.1, 0.15) is 6.10 Å². The molecular formula is C52H48N6O6. The first-order valence-corrected chi connectivity index (χ1v) is 21.8. The van der Waals surface area contributed by atoms with Gasteiger partial charge in [-0.3, -0.25) is 4.57 Å². The van der Waals surface area contributed by atoms with Crippen LogP contribution in [0.2, 0.25) is 0 Å². The summed E-state index contributed by atoms with van der Waals surface area (Å²) in [7, 11) is 0. The zero-order valence-corrected chi connectivity index (χ0v) is 35.7. The van der Waals surface area contributed by atoms with Crippen molar-refractivity contribution in [3.8, 4) is 28.5 Å². The van der Waals surface area contributed by atoms with Gasteiger partial charge in [0.25, 0.3) is 6.01 Å². The summed E-state index contributed by atoms with van der Waals surface area (Å²) in [5.74, 6) is -0.183. The van der Waals surface area contributed by atoms with Gasteiger partial charge < -0.3 is 18.9 Å². The number of benzene rings is 6. The monoisotopic (exact) mass is 852 g/mol. The molecule has 1 aliphatic rings. The van der Waals surface area contributed by atoms with E-state index < -0.39 is 24.0 Å². The fourth-order valence-electron chi connectivity index (χ4n) is 8.69. The van der Waals surface area contributed by atoms with E-state index in [4.69, 9.17) is 39.3 Å². The van der Waals surface area contributed by atoms with Crippen LogP contribution in [-0.4, -0.2) is 60.9 Å². The maximum Gasteiger partial charge on any atom is 0.511 e. The first kappa shape index (κ1) is 41.7. The Morgan fingerprint density at radius 2 is 1.31 bits per heavy atom. The number of carbonyl (C=O) groups excluding carboxylic acids is 2. The van der Waals surface area contributed by atoms with Gasteiger partial charge in [0.05, 0.1) is 29.7 Å². The third kappa shape index (κ3) is 8.46. The number of ether oxygens (including phenoxy) is 4. The lowest BCUT2D eigenvalue weighted by molar-refractivity contribution is -0.0914. The maximum absolute atomic E-state index is 13.7. The summed E-state index contributed by atoms with van der Waals surface area (Å²) in [6.07, 6.45) is 2.54. The zero-order chi connectivity index (χ0) is 43.9. The van der Waals surface area contributed by atoms with E-state index in [0.29, 0.717) is 36.0 Å². The Labute approximate surface area is 371 Å². The van der Waals surface area contributed by atoms with Gasteiger partial charge in [-0.1, -0.05) is 152 Å². The smallest absolute Gasteiger partial charge is 0.465 e. The molecule has 0 radical (unpaired) electrons. The average Bonchev–Trinajstić information content (AvgIpc) is 3.96. The highest BCUT2D eigenvalue weighted by Gasteiger charge is 2.41. The van der Waals surface area contributed by atoms with Gasteiger partial charge in [-0.2, -0.15) is 4.98 Å². The van der Waals surface area contributed by atoms with Gasteiger partial charge >= 0.3 is 12.1 Å². The number of hydrogen-bond acceptors (Lipinski definition) is 10. The molecule has 6 aromatic carbocycles. The summed E-state index contributed by atoms with van der Waals surface area (Å²) in [6, 6.07) is 52.6. The van der Waals surface area contributed by atoms with Crippen LogP contribution in [0, 0.1) is 0 Å². The van der Waals surface area contributed by atoms with E-state index in [0.717, 1.165) is 71.0 Å². The molecule has 1 saturated carbocycles. The van der Waals surface area contributed by atoms with Crippen molar-refractivity contribution in [3.05, 3.63) is 186 Å². The number of aromatic nitrogens is 6. The lowest BCUT2D eigenvalue weighted by Crippen LogP contribution is -2.39. The van der Waals surface area contributed by atoms with Gasteiger partial charge in [0.15, 0.2) is 5.54 Å². The van der Waals surface area contributed by atoms with E-state index in [1.165, 1.54) is 6.92 Å². The Balaban J connectivity index is 1.00. The fourth-order valence-corrected chi connectivity index (χ4v) is 8.69. The van der Waals surface area contributed by atoms with Crippen molar-refractivity contribution >= 4 is 23.2 Å². The van der Waals surface area contributed by atoms with E-state index in [2.05, 4.69) is 54.6 Å². The standard InChI is InChI=1S/C52H48N6O6/c1-3-61-50-53-46-30-18-29-45(49(59)62-36(2)63-51(60)64-42-25-14-7-15-26-42)47(46)57(50)35-37-31-33-38(34-32-37)43-27-16-17-28-44(43)48-54-56-58(55-48)52(39-19-8-4-9-20-39,40-21-10-5-11-22-40)41-23-12-6-13-24-41/h4-6,8-13,16-24,27-34,36,42H,3,7,14-15,25-26,35H2,1-2H3. The van der Waals surface area contributed by atoms with Crippen molar-refractivity contribution in [1.82, 2.24) is 29.8 Å². The molecule has 0 aliphatic heterocycles. The second-order valence-electron chi connectivity index (χ2n) is 15.8. The lowest BCUT2D eigenvalue weighted by Gasteiger charge is -2.34. The molecule has 0 saturated heterocycles. The predicted molar refractivity (Wildman–Crippen MR) is 243 cm³/mol. The molecule has 0 N–H and O–H groups in total. The molecule has 12 heteroatoms. The number of hydrogen-bond donors (Lipinski definition) is 0. The normalized spacial score (nSPS) is 13.6. The number of carbonyl (C=O) groups is 2. The molecule has 1 aliphatic carbocycles. The SMILES string of the molecule is CCOc1nc2cccc(C(=O)OC(C)OC(=O)OC3CCCCC3)c2n1Cc1ccc(-c2ccccc2-c2nnn(C(c3ccccc3)(c3ccccc3)c3ccccc3)n2)cc1. The molecule has 0 amide bonds. The highest BCUT2D eigenvalue weighted by molar-refractivity contribution is 6.02. The summed E-state index contributed by atoms with van der Waals surface area (Å²) in [5, 5.41) is 14.7. The van der Waals surface area contributed by atoms with Crippen LogP contribution in [0.5, 0.6) is 6.01 Å². The van der Waals surface area contributed by atoms with E-state index in [1.54, 1.807) is 16.9 Å². The minimum Gasteiger partial charge on any atom is -0.465 e. The molecule has 64 heavy (non-hydrogen) atoms. The zero-order valence-electron chi connectivity index (χ0n) is 35.7. The van der Waals surface area contributed by atoms with Gasteiger partial charge in [-0.15, -0.1) is 15.0 Å². The Bertz CT molecular complexity index is 2740. The molecular weight excluding hydrogens is 805 g/mol. The van der Waals surface area contributed by atoms with Gasteiger partial charge in [-0.05, 0) is 83.3 Å². The number of rotatable bonds is 14. The Morgan fingerprint density at radius 3 is 1.94 bits per heavy atom. The quantitative estimate of drug-likeness (QED) is 0.0591. The Hall–Kier alpha value is -7.60. The van der Waals surface area contributed by atoms with Gasteiger partial charge in [-0.25, -0.2) is 9.59 Å². The molecule has 2 aromatic heterocycles. The third-order valence-corrected chi connectivity index (χ3v) is 11.6. The number of esters is 1. The molecule has 1 fully saturated rings. The van der Waals surface area contributed by atoms with Crippen LogP contribution >= 0.6 is 0 Å². The maximum atomic E-state index is 13.7. The van der Waals surface area contributed by atoms with Crippen molar-refractivity contribution < 1.29 is 28.5 Å². The van der Waals surface area contributed by atoms with E-state index in [-0.39, 0.29) is 11.7 Å².